The van der Waals surface area contributed by atoms with Crippen LogP contribution in [0.15, 0.2) is 24.3 Å². The van der Waals surface area contributed by atoms with E-state index >= 15 is 0 Å². The quantitative estimate of drug-likeness (QED) is 0.793. The van der Waals surface area contributed by atoms with Crippen LogP contribution in [-0.4, -0.2) is 29.9 Å². The van der Waals surface area contributed by atoms with Gasteiger partial charge in [-0.25, -0.2) is 0 Å². The van der Waals surface area contributed by atoms with E-state index in [1.165, 1.54) is 0 Å². The lowest BCUT2D eigenvalue weighted by molar-refractivity contribution is -0.117. The van der Waals surface area contributed by atoms with Gasteiger partial charge in [0.05, 0.1) is 6.54 Å². The van der Waals surface area contributed by atoms with Crippen molar-refractivity contribution in [3.05, 3.63) is 29.8 Å². The van der Waals surface area contributed by atoms with Crippen molar-refractivity contribution in [1.82, 2.24) is 4.90 Å². The molecule has 3 N–H and O–H groups in total. The first kappa shape index (κ1) is 15.7. The number of rotatable bonds is 7. The van der Waals surface area contributed by atoms with Crippen molar-refractivity contribution in [3.63, 3.8) is 0 Å². The first-order chi connectivity index (χ1) is 9.06. The zero-order chi connectivity index (χ0) is 14.3. The fourth-order valence-electron chi connectivity index (χ4n) is 1.92. The minimum Gasteiger partial charge on any atom is -0.326 e. The first-order valence-electron chi connectivity index (χ1n) is 6.89. The molecule has 0 aliphatic heterocycles. The van der Waals surface area contributed by atoms with Gasteiger partial charge in [0.1, 0.15) is 0 Å². The van der Waals surface area contributed by atoms with Crippen molar-refractivity contribution < 1.29 is 4.79 Å². The van der Waals surface area contributed by atoms with E-state index in [-0.39, 0.29) is 5.91 Å². The Morgan fingerprint density at radius 3 is 2.42 bits per heavy atom. The summed E-state index contributed by atoms with van der Waals surface area (Å²) < 4.78 is 0. The van der Waals surface area contributed by atoms with E-state index in [1.807, 2.05) is 24.3 Å². The minimum atomic E-state index is 0.0302. The predicted molar refractivity (Wildman–Crippen MR) is 80.0 cm³/mol. The summed E-state index contributed by atoms with van der Waals surface area (Å²) in [5, 5.41) is 2.92. The SMILES string of the molecule is CCCN(CC(=O)Nc1ccc(CN)cc1)C(C)C. The second-order valence-electron chi connectivity index (χ2n) is 5.01. The summed E-state index contributed by atoms with van der Waals surface area (Å²) in [6.45, 7) is 8.24. The largest absolute Gasteiger partial charge is 0.326 e. The number of benzene rings is 1. The maximum Gasteiger partial charge on any atom is 0.238 e. The van der Waals surface area contributed by atoms with Crippen molar-refractivity contribution in [3.8, 4) is 0 Å². The number of amides is 1. The van der Waals surface area contributed by atoms with Crippen LogP contribution in [0.3, 0.4) is 0 Å². The molecule has 0 atom stereocenters. The lowest BCUT2D eigenvalue weighted by Crippen LogP contribution is -2.38. The van der Waals surface area contributed by atoms with Gasteiger partial charge in [-0.2, -0.15) is 0 Å². The molecule has 4 nitrogen and oxygen atoms in total. The summed E-state index contributed by atoms with van der Waals surface area (Å²) in [5.41, 5.74) is 7.42. The molecule has 0 saturated carbocycles. The Morgan fingerprint density at radius 2 is 1.95 bits per heavy atom. The molecule has 1 rings (SSSR count). The van der Waals surface area contributed by atoms with Gasteiger partial charge < -0.3 is 11.1 Å². The number of carbonyl (C=O) groups is 1. The molecule has 1 aromatic rings. The van der Waals surface area contributed by atoms with E-state index in [4.69, 9.17) is 5.73 Å². The molecule has 1 aromatic carbocycles. The minimum absolute atomic E-state index is 0.0302. The van der Waals surface area contributed by atoms with Gasteiger partial charge in [-0.1, -0.05) is 19.1 Å². The Morgan fingerprint density at radius 1 is 1.32 bits per heavy atom. The summed E-state index contributed by atoms with van der Waals surface area (Å²) in [6.07, 6.45) is 1.05. The number of hydrogen-bond donors (Lipinski definition) is 2. The highest BCUT2D eigenvalue weighted by molar-refractivity contribution is 5.92. The third kappa shape index (κ3) is 5.41. The molecule has 0 bridgehead atoms. The molecule has 0 aromatic heterocycles. The van der Waals surface area contributed by atoms with Crippen LogP contribution in [0, 0.1) is 0 Å². The molecule has 0 heterocycles. The molecule has 4 heteroatoms. The van der Waals surface area contributed by atoms with Crippen LogP contribution in [0.1, 0.15) is 32.8 Å². The van der Waals surface area contributed by atoms with Crippen molar-refractivity contribution in [2.24, 2.45) is 5.73 Å². The van der Waals surface area contributed by atoms with E-state index in [0.29, 0.717) is 19.1 Å². The smallest absolute Gasteiger partial charge is 0.238 e. The van der Waals surface area contributed by atoms with Crippen LogP contribution in [-0.2, 0) is 11.3 Å². The van der Waals surface area contributed by atoms with Gasteiger partial charge in [0.25, 0.3) is 0 Å². The second kappa shape index (κ2) is 7.92. The lowest BCUT2D eigenvalue weighted by atomic mass is 10.2. The van der Waals surface area contributed by atoms with Crippen LogP contribution in [0.5, 0.6) is 0 Å². The average molecular weight is 263 g/mol. The predicted octanol–water partition coefficient (Wildman–Crippen LogP) is 2.20. The molecular formula is C15H25N3O. The molecule has 0 unspecified atom stereocenters. The number of nitrogens with one attached hydrogen (secondary N) is 1. The van der Waals surface area contributed by atoms with Gasteiger partial charge in [0, 0.05) is 18.3 Å². The zero-order valence-electron chi connectivity index (χ0n) is 12.1. The Labute approximate surface area is 116 Å². The summed E-state index contributed by atoms with van der Waals surface area (Å²) >= 11 is 0. The molecule has 0 saturated heterocycles. The molecule has 1 amide bonds. The third-order valence-corrected chi connectivity index (χ3v) is 3.06. The number of carbonyl (C=O) groups excluding carboxylic acids is 1. The maximum atomic E-state index is 12.0. The number of nitrogens with zero attached hydrogens (tertiary/aromatic N) is 1. The molecule has 0 aliphatic rings. The topological polar surface area (TPSA) is 58.4 Å². The summed E-state index contributed by atoms with van der Waals surface area (Å²) in [5.74, 6) is 0.0302. The average Bonchev–Trinajstić information content (AvgIpc) is 2.39. The summed E-state index contributed by atoms with van der Waals surface area (Å²) in [7, 11) is 0. The molecule has 0 fully saturated rings. The van der Waals surface area contributed by atoms with E-state index in [1.54, 1.807) is 0 Å². The second-order valence-corrected chi connectivity index (χ2v) is 5.01. The highest BCUT2D eigenvalue weighted by Crippen LogP contribution is 2.09. The van der Waals surface area contributed by atoms with Crippen molar-refractivity contribution in [2.45, 2.75) is 39.8 Å². The van der Waals surface area contributed by atoms with Crippen molar-refractivity contribution in [2.75, 3.05) is 18.4 Å². The fourth-order valence-corrected chi connectivity index (χ4v) is 1.92. The van der Waals surface area contributed by atoms with E-state index in [0.717, 1.165) is 24.2 Å². The number of anilines is 1. The van der Waals surface area contributed by atoms with Gasteiger partial charge in [-0.3, -0.25) is 9.69 Å². The fraction of sp³-hybridized carbons (Fsp3) is 0.533. The number of hydrogen-bond acceptors (Lipinski definition) is 3. The summed E-state index contributed by atoms with van der Waals surface area (Å²) in [6, 6.07) is 8.02. The Kier molecular flexibility index (Phi) is 6.53. The lowest BCUT2D eigenvalue weighted by Gasteiger charge is -2.25. The van der Waals surface area contributed by atoms with Crippen LogP contribution in [0.25, 0.3) is 0 Å². The van der Waals surface area contributed by atoms with E-state index in [2.05, 4.69) is 31.0 Å². The first-order valence-corrected chi connectivity index (χ1v) is 6.89. The molecule has 19 heavy (non-hydrogen) atoms. The summed E-state index contributed by atoms with van der Waals surface area (Å²) in [4.78, 5) is 14.1. The van der Waals surface area contributed by atoms with Gasteiger partial charge in [-0.05, 0) is 44.5 Å². The van der Waals surface area contributed by atoms with Crippen LogP contribution >= 0.6 is 0 Å². The van der Waals surface area contributed by atoms with E-state index < -0.39 is 0 Å². The molecule has 106 valence electrons. The maximum absolute atomic E-state index is 12.0. The molecule has 0 aliphatic carbocycles. The number of nitrogens with two attached hydrogens (primary N) is 1. The van der Waals surface area contributed by atoms with Gasteiger partial charge in [0.15, 0.2) is 0 Å². The monoisotopic (exact) mass is 263 g/mol. The van der Waals surface area contributed by atoms with Crippen LogP contribution < -0.4 is 11.1 Å². The van der Waals surface area contributed by atoms with Crippen LogP contribution in [0.4, 0.5) is 5.69 Å². The zero-order valence-corrected chi connectivity index (χ0v) is 12.1. The van der Waals surface area contributed by atoms with Gasteiger partial charge >= 0.3 is 0 Å². The third-order valence-electron chi connectivity index (χ3n) is 3.06. The normalized spacial score (nSPS) is 11.1. The van der Waals surface area contributed by atoms with E-state index in [9.17, 15) is 4.79 Å². The highest BCUT2D eigenvalue weighted by Gasteiger charge is 2.13. The Balaban J connectivity index is 2.53. The standard InChI is InChI=1S/C15H25N3O/c1-4-9-18(12(2)3)11-15(19)17-14-7-5-13(10-16)6-8-14/h5-8,12H,4,9-11,16H2,1-3H3,(H,17,19). The Bertz CT molecular complexity index is 387. The molecule has 0 radical (unpaired) electrons. The highest BCUT2D eigenvalue weighted by atomic mass is 16.2. The van der Waals surface area contributed by atoms with Crippen LogP contribution in [0.2, 0.25) is 0 Å². The Hall–Kier alpha value is -1.39. The molecule has 0 spiro atoms. The van der Waals surface area contributed by atoms with Crippen molar-refractivity contribution >= 4 is 11.6 Å². The molecular weight excluding hydrogens is 238 g/mol. The van der Waals surface area contributed by atoms with Gasteiger partial charge in [-0.15, -0.1) is 0 Å². The van der Waals surface area contributed by atoms with Crippen molar-refractivity contribution in [1.29, 1.82) is 0 Å². The van der Waals surface area contributed by atoms with Gasteiger partial charge in [0.2, 0.25) is 5.91 Å².